The maximum atomic E-state index is 14.4. The van der Waals surface area contributed by atoms with Crippen molar-refractivity contribution in [2.75, 3.05) is 36.9 Å². The Kier molecular flexibility index (Phi) is 9.78. The van der Waals surface area contributed by atoms with Gasteiger partial charge in [0.05, 0.1) is 24.4 Å². The Morgan fingerprint density at radius 3 is 2.55 bits per heavy atom. The standard InChI is InChI=1S/C26H31F3N6O4S/c1-4-35-23(39)20(40-24(35)17(12-30)22(38)33-25(2,3)15-36)13-31-16-5-6-18(27)19(11-16)32-21(37)14-34-9-7-26(28,29)8-10-34/h5-6,11,13,31,36H,4,7-10,14-15H2,1-3H3,(H,32,37)(H,33,38). The molecule has 3 rings (SSSR count). The minimum Gasteiger partial charge on any atom is -0.394 e. The number of thiazole rings is 1. The van der Waals surface area contributed by atoms with Gasteiger partial charge in [0.1, 0.15) is 21.1 Å². The van der Waals surface area contributed by atoms with Gasteiger partial charge >= 0.3 is 0 Å². The Hall–Kier alpha value is -3.67. The third kappa shape index (κ3) is 7.71. The SMILES string of the molecule is CCn1c(=C(C#N)C(=O)NC(C)(C)CO)sc(=CNc2ccc(F)c(NC(=O)CN3CCC(F)(F)CC3)c2)c1=O. The summed E-state index contributed by atoms with van der Waals surface area (Å²) in [7, 11) is 0. The Balaban J connectivity index is 1.82. The van der Waals surface area contributed by atoms with E-state index in [1.165, 1.54) is 22.9 Å². The number of rotatable bonds is 9. The molecule has 10 nitrogen and oxygen atoms in total. The molecule has 0 bridgehead atoms. The number of benzene rings is 1. The van der Waals surface area contributed by atoms with Crippen molar-refractivity contribution in [3.05, 3.63) is 43.6 Å². The van der Waals surface area contributed by atoms with Crippen molar-refractivity contribution in [1.82, 2.24) is 14.8 Å². The number of aromatic nitrogens is 1. The number of anilines is 2. The highest BCUT2D eigenvalue weighted by Crippen LogP contribution is 2.27. The second kappa shape index (κ2) is 12.7. The van der Waals surface area contributed by atoms with Crippen LogP contribution in [0.15, 0.2) is 23.0 Å². The first kappa shape index (κ1) is 30.9. The second-order valence-electron chi connectivity index (χ2n) is 9.97. The summed E-state index contributed by atoms with van der Waals surface area (Å²) in [4.78, 5) is 39.6. The van der Waals surface area contributed by atoms with Gasteiger partial charge in [0, 0.05) is 44.4 Å². The highest BCUT2D eigenvalue weighted by molar-refractivity contribution is 7.07. The number of alkyl halides is 2. The van der Waals surface area contributed by atoms with Gasteiger partial charge in [0.25, 0.3) is 17.4 Å². The first-order chi connectivity index (χ1) is 18.8. The molecule has 0 unspecified atom stereocenters. The van der Waals surface area contributed by atoms with Crippen LogP contribution in [0.1, 0.15) is 33.6 Å². The highest BCUT2D eigenvalue weighted by Gasteiger charge is 2.34. The van der Waals surface area contributed by atoms with E-state index in [-0.39, 0.29) is 66.1 Å². The number of hydrogen-bond acceptors (Lipinski definition) is 8. The minimum absolute atomic E-state index is 0.0589. The molecule has 14 heteroatoms. The number of amides is 2. The van der Waals surface area contributed by atoms with E-state index in [1.54, 1.807) is 25.7 Å². The number of likely N-dealkylation sites (tertiary alicyclic amines) is 1. The molecule has 1 aromatic carbocycles. The predicted molar refractivity (Wildman–Crippen MR) is 146 cm³/mol. The lowest BCUT2D eigenvalue weighted by atomic mass is 10.1. The summed E-state index contributed by atoms with van der Waals surface area (Å²) in [5.74, 6) is -4.74. The van der Waals surface area contributed by atoms with Crippen LogP contribution in [-0.4, -0.2) is 64.1 Å². The second-order valence-corrected chi connectivity index (χ2v) is 11.0. The fourth-order valence-electron chi connectivity index (χ4n) is 3.89. The number of nitriles is 1. The Morgan fingerprint density at radius 1 is 1.27 bits per heavy atom. The third-order valence-electron chi connectivity index (χ3n) is 6.19. The van der Waals surface area contributed by atoms with Crippen molar-refractivity contribution in [3.8, 4) is 6.07 Å². The van der Waals surface area contributed by atoms with E-state index in [1.807, 2.05) is 6.07 Å². The number of carbonyl (C=O) groups is 2. The third-order valence-corrected chi connectivity index (χ3v) is 7.32. The summed E-state index contributed by atoms with van der Waals surface area (Å²) in [6.45, 7) is 4.63. The molecular formula is C26H31F3N6O4S. The van der Waals surface area contributed by atoms with E-state index >= 15 is 0 Å². The number of aliphatic hydroxyl groups is 1. The Morgan fingerprint density at radius 2 is 1.95 bits per heavy atom. The zero-order valence-corrected chi connectivity index (χ0v) is 23.1. The average Bonchev–Trinajstić information content (AvgIpc) is 3.20. The molecule has 40 heavy (non-hydrogen) atoms. The first-order valence-corrected chi connectivity index (χ1v) is 13.3. The molecule has 1 saturated heterocycles. The Labute approximate surface area is 232 Å². The van der Waals surface area contributed by atoms with Gasteiger partial charge in [-0.15, -0.1) is 11.3 Å². The number of carbonyl (C=O) groups excluding carboxylic acids is 2. The van der Waals surface area contributed by atoms with E-state index in [4.69, 9.17) is 0 Å². The Bertz CT molecular complexity index is 1490. The quantitative estimate of drug-likeness (QED) is 0.349. The molecule has 0 saturated carbocycles. The fraction of sp³-hybridized carbons (Fsp3) is 0.462. The van der Waals surface area contributed by atoms with Crippen LogP contribution in [0.5, 0.6) is 0 Å². The topological polar surface area (TPSA) is 139 Å². The molecule has 0 radical (unpaired) electrons. The molecule has 216 valence electrons. The maximum Gasteiger partial charge on any atom is 0.270 e. The van der Waals surface area contributed by atoms with Gasteiger partial charge in [-0.3, -0.25) is 23.9 Å². The summed E-state index contributed by atoms with van der Waals surface area (Å²) < 4.78 is 42.6. The summed E-state index contributed by atoms with van der Waals surface area (Å²) in [6.07, 6.45) is 0.667. The van der Waals surface area contributed by atoms with Crippen molar-refractivity contribution in [2.45, 2.75) is 51.6 Å². The first-order valence-electron chi connectivity index (χ1n) is 12.5. The molecule has 1 fully saturated rings. The normalized spacial score (nSPS) is 16.7. The number of halogens is 3. The van der Waals surface area contributed by atoms with Crippen LogP contribution in [-0.2, 0) is 16.1 Å². The van der Waals surface area contributed by atoms with E-state index in [9.17, 15) is 37.9 Å². The van der Waals surface area contributed by atoms with E-state index < -0.39 is 34.7 Å². The summed E-state index contributed by atoms with van der Waals surface area (Å²) in [6, 6.07) is 5.66. The molecule has 0 spiro atoms. The zero-order valence-electron chi connectivity index (χ0n) is 22.3. The van der Waals surface area contributed by atoms with Crippen molar-refractivity contribution < 1.29 is 27.9 Å². The van der Waals surface area contributed by atoms with Crippen LogP contribution in [0, 0.1) is 17.1 Å². The molecule has 2 amide bonds. The summed E-state index contributed by atoms with van der Waals surface area (Å²) >= 11 is 0.909. The van der Waals surface area contributed by atoms with E-state index in [0.717, 1.165) is 17.4 Å². The van der Waals surface area contributed by atoms with E-state index in [2.05, 4.69) is 16.0 Å². The summed E-state index contributed by atoms with van der Waals surface area (Å²) in [5.41, 5.74) is -1.53. The number of nitrogens with one attached hydrogen (secondary N) is 3. The molecular weight excluding hydrogens is 549 g/mol. The van der Waals surface area contributed by atoms with Gasteiger partial charge in [-0.2, -0.15) is 5.26 Å². The molecule has 1 aliphatic heterocycles. The van der Waals surface area contributed by atoms with Crippen LogP contribution in [0.25, 0.3) is 11.8 Å². The molecule has 2 aromatic rings. The molecule has 4 N–H and O–H groups in total. The highest BCUT2D eigenvalue weighted by atomic mass is 32.1. The minimum atomic E-state index is -2.74. The molecule has 0 aliphatic carbocycles. The van der Waals surface area contributed by atoms with Crippen LogP contribution in [0.4, 0.5) is 24.5 Å². The number of hydrogen-bond donors (Lipinski definition) is 4. The number of nitrogens with zero attached hydrogens (tertiary/aromatic N) is 3. The van der Waals surface area contributed by atoms with E-state index in [0.29, 0.717) is 5.69 Å². The number of aliphatic hydroxyl groups excluding tert-OH is 1. The predicted octanol–water partition coefficient (Wildman–Crippen LogP) is 1.15. The zero-order chi connectivity index (χ0) is 29.7. The van der Waals surface area contributed by atoms with Crippen LogP contribution in [0.2, 0.25) is 0 Å². The molecule has 0 atom stereocenters. The monoisotopic (exact) mass is 580 g/mol. The van der Waals surface area contributed by atoms with Gasteiger partial charge in [-0.25, -0.2) is 13.2 Å². The van der Waals surface area contributed by atoms with Gasteiger partial charge in [0.2, 0.25) is 5.91 Å². The van der Waals surface area contributed by atoms with Crippen molar-refractivity contribution in [2.24, 2.45) is 0 Å². The van der Waals surface area contributed by atoms with Crippen LogP contribution in [0.3, 0.4) is 0 Å². The van der Waals surface area contributed by atoms with Crippen molar-refractivity contribution >= 4 is 46.3 Å². The van der Waals surface area contributed by atoms with Crippen molar-refractivity contribution in [3.63, 3.8) is 0 Å². The van der Waals surface area contributed by atoms with Crippen LogP contribution < -0.4 is 30.7 Å². The van der Waals surface area contributed by atoms with Crippen LogP contribution >= 0.6 is 11.3 Å². The fourth-order valence-corrected chi connectivity index (χ4v) is 4.97. The smallest absolute Gasteiger partial charge is 0.270 e. The van der Waals surface area contributed by atoms with Crippen molar-refractivity contribution in [1.29, 1.82) is 5.26 Å². The van der Waals surface area contributed by atoms with Gasteiger partial charge in [-0.1, -0.05) is 0 Å². The average molecular weight is 581 g/mol. The molecule has 1 aliphatic rings. The lowest BCUT2D eigenvalue weighted by Gasteiger charge is -2.31. The lowest BCUT2D eigenvalue weighted by Crippen LogP contribution is -2.47. The molecule has 1 aromatic heterocycles. The van der Waals surface area contributed by atoms with Gasteiger partial charge in [-0.05, 0) is 39.0 Å². The van der Waals surface area contributed by atoms with Gasteiger partial charge in [0.15, 0.2) is 5.57 Å². The number of piperidine rings is 1. The lowest BCUT2D eigenvalue weighted by molar-refractivity contribution is -0.119. The largest absolute Gasteiger partial charge is 0.394 e. The maximum absolute atomic E-state index is 14.4. The van der Waals surface area contributed by atoms with Gasteiger partial charge < -0.3 is 21.1 Å². The molecule has 2 heterocycles. The summed E-state index contributed by atoms with van der Waals surface area (Å²) in [5, 5.41) is 26.9.